The van der Waals surface area contributed by atoms with E-state index in [-0.39, 0.29) is 0 Å². The number of hydrogen-bond acceptors (Lipinski definition) is 4. The molecule has 2 rings (SSSR count). The molecule has 0 aliphatic rings. The first-order valence-corrected chi connectivity index (χ1v) is 5.33. The van der Waals surface area contributed by atoms with Gasteiger partial charge in [0.15, 0.2) is 0 Å². The third-order valence-electron chi connectivity index (χ3n) is 1.95. The first-order valence-electron chi connectivity index (χ1n) is 4.39. The van der Waals surface area contributed by atoms with E-state index in [1.807, 2.05) is 6.07 Å². The van der Waals surface area contributed by atoms with Gasteiger partial charge in [0.2, 0.25) is 0 Å². The average Bonchev–Trinajstić information content (AvgIpc) is 2.71. The highest BCUT2D eigenvalue weighted by molar-refractivity contribution is 7.07. The maximum atomic E-state index is 5.50. The SMILES string of the molecule is NCc1cc(Cc2ccsc2)ncn1. The predicted octanol–water partition coefficient (Wildman–Crippen LogP) is 1.59. The number of thiophene rings is 1. The van der Waals surface area contributed by atoms with Gasteiger partial charge >= 0.3 is 0 Å². The molecule has 0 aromatic carbocycles. The summed E-state index contributed by atoms with van der Waals surface area (Å²) < 4.78 is 0. The zero-order valence-corrected chi connectivity index (χ0v) is 8.50. The Hall–Kier alpha value is -1.26. The summed E-state index contributed by atoms with van der Waals surface area (Å²) in [6, 6.07) is 4.06. The molecule has 2 N–H and O–H groups in total. The molecule has 0 aliphatic heterocycles. The topological polar surface area (TPSA) is 51.8 Å². The molecule has 0 fully saturated rings. The molecule has 0 atom stereocenters. The van der Waals surface area contributed by atoms with Gasteiger partial charge in [-0.1, -0.05) is 0 Å². The highest BCUT2D eigenvalue weighted by atomic mass is 32.1. The lowest BCUT2D eigenvalue weighted by Crippen LogP contribution is -2.02. The molecule has 3 nitrogen and oxygen atoms in total. The van der Waals surface area contributed by atoms with Crippen LogP contribution in [-0.4, -0.2) is 9.97 Å². The minimum Gasteiger partial charge on any atom is -0.325 e. The van der Waals surface area contributed by atoms with Crippen molar-refractivity contribution in [2.75, 3.05) is 0 Å². The number of nitrogens with zero attached hydrogens (tertiary/aromatic N) is 2. The fraction of sp³-hybridized carbons (Fsp3) is 0.200. The van der Waals surface area contributed by atoms with Crippen LogP contribution in [0.5, 0.6) is 0 Å². The third kappa shape index (κ3) is 2.16. The van der Waals surface area contributed by atoms with Gasteiger partial charge in [0.25, 0.3) is 0 Å². The van der Waals surface area contributed by atoms with Crippen LogP contribution in [0.15, 0.2) is 29.2 Å². The van der Waals surface area contributed by atoms with Gasteiger partial charge in [-0.3, -0.25) is 0 Å². The number of nitrogens with two attached hydrogens (primary N) is 1. The molecule has 0 unspecified atom stereocenters. The van der Waals surface area contributed by atoms with E-state index in [0.717, 1.165) is 17.8 Å². The molecule has 2 heterocycles. The van der Waals surface area contributed by atoms with Gasteiger partial charge in [0.1, 0.15) is 6.33 Å². The van der Waals surface area contributed by atoms with Crippen molar-refractivity contribution in [3.63, 3.8) is 0 Å². The van der Waals surface area contributed by atoms with E-state index in [0.29, 0.717) is 6.54 Å². The Bertz CT molecular complexity index is 398. The highest BCUT2D eigenvalue weighted by Crippen LogP contribution is 2.11. The lowest BCUT2D eigenvalue weighted by atomic mass is 10.2. The van der Waals surface area contributed by atoms with Gasteiger partial charge in [-0.15, -0.1) is 0 Å². The number of aromatic nitrogens is 2. The van der Waals surface area contributed by atoms with Gasteiger partial charge in [0, 0.05) is 18.7 Å². The first kappa shape index (κ1) is 9.30. The van der Waals surface area contributed by atoms with Crippen LogP contribution in [0.2, 0.25) is 0 Å². The van der Waals surface area contributed by atoms with E-state index in [9.17, 15) is 0 Å². The van der Waals surface area contributed by atoms with Crippen molar-refractivity contribution in [2.24, 2.45) is 5.73 Å². The second kappa shape index (κ2) is 4.30. The highest BCUT2D eigenvalue weighted by Gasteiger charge is 1.99. The van der Waals surface area contributed by atoms with E-state index < -0.39 is 0 Å². The van der Waals surface area contributed by atoms with Gasteiger partial charge in [0.05, 0.1) is 5.69 Å². The Morgan fingerprint density at radius 3 is 2.86 bits per heavy atom. The molecule has 2 aromatic rings. The van der Waals surface area contributed by atoms with Crippen LogP contribution in [0.3, 0.4) is 0 Å². The largest absolute Gasteiger partial charge is 0.325 e. The zero-order chi connectivity index (χ0) is 9.80. The summed E-state index contributed by atoms with van der Waals surface area (Å²) in [4.78, 5) is 8.25. The molecular weight excluding hydrogens is 194 g/mol. The first-order chi connectivity index (χ1) is 6.88. The van der Waals surface area contributed by atoms with Crippen molar-refractivity contribution in [3.8, 4) is 0 Å². The second-order valence-corrected chi connectivity index (χ2v) is 3.79. The molecule has 14 heavy (non-hydrogen) atoms. The predicted molar refractivity (Wildman–Crippen MR) is 57.0 cm³/mol. The van der Waals surface area contributed by atoms with Crippen LogP contribution in [0, 0.1) is 0 Å². The molecule has 72 valence electrons. The molecule has 0 amide bonds. The van der Waals surface area contributed by atoms with E-state index in [1.54, 1.807) is 17.7 Å². The van der Waals surface area contributed by atoms with Crippen LogP contribution in [-0.2, 0) is 13.0 Å². The number of rotatable bonds is 3. The smallest absolute Gasteiger partial charge is 0.115 e. The van der Waals surface area contributed by atoms with Crippen molar-refractivity contribution in [1.29, 1.82) is 0 Å². The summed E-state index contributed by atoms with van der Waals surface area (Å²) >= 11 is 1.70. The Kier molecular flexibility index (Phi) is 2.86. The monoisotopic (exact) mass is 205 g/mol. The van der Waals surface area contributed by atoms with Crippen LogP contribution >= 0.6 is 11.3 Å². The normalized spacial score (nSPS) is 10.4. The summed E-state index contributed by atoms with van der Waals surface area (Å²) in [7, 11) is 0. The summed E-state index contributed by atoms with van der Waals surface area (Å²) in [6.45, 7) is 0.471. The van der Waals surface area contributed by atoms with Crippen molar-refractivity contribution < 1.29 is 0 Å². The molecule has 0 spiro atoms. The zero-order valence-electron chi connectivity index (χ0n) is 7.68. The maximum Gasteiger partial charge on any atom is 0.115 e. The van der Waals surface area contributed by atoms with Crippen LogP contribution in [0.4, 0.5) is 0 Å². The quantitative estimate of drug-likeness (QED) is 0.827. The number of hydrogen-bond donors (Lipinski definition) is 1. The van der Waals surface area contributed by atoms with Crippen LogP contribution in [0.1, 0.15) is 17.0 Å². The van der Waals surface area contributed by atoms with E-state index in [1.165, 1.54) is 5.56 Å². The van der Waals surface area contributed by atoms with Crippen molar-refractivity contribution >= 4 is 11.3 Å². The molecule has 0 radical (unpaired) electrons. The Balaban J connectivity index is 2.17. The lowest BCUT2D eigenvalue weighted by Gasteiger charge is -1.99. The lowest BCUT2D eigenvalue weighted by molar-refractivity contribution is 0.929. The van der Waals surface area contributed by atoms with Crippen LogP contribution < -0.4 is 5.73 Å². The summed E-state index contributed by atoms with van der Waals surface area (Å²) in [5.74, 6) is 0. The fourth-order valence-electron chi connectivity index (χ4n) is 1.25. The Morgan fingerprint density at radius 2 is 2.14 bits per heavy atom. The summed E-state index contributed by atoms with van der Waals surface area (Å²) in [5, 5.41) is 4.20. The molecule has 0 saturated heterocycles. The van der Waals surface area contributed by atoms with Gasteiger partial charge in [-0.05, 0) is 28.5 Å². The third-order valence-corrected chi connectivity index (χ3v) is 2.69. The van der Waals surface area contributed by atoms with Gasteiger partial charge in [-0.2, -0.15) is 11.3 Å². The van der Waals surface area contributed by atoms with Crippen LogP contribution in [0.25, 0.3) is 0 Å². The summed E-state index contributed by atoms with van der Waals surface area (Å²) in [5.41, 5.74) is 8.71. The van der Waals surface area contributed by atoms with Crippen molar-refractivity contribution in [2.45, 2.75) is 13.0 Å². The summed E-state index contributed by atoms with van der Waals surface area (Å²) in [6.07, 6.45) is 2.43. The minimum absolute atomic E-state index is 0.471. The average molecular weight is 205 g/mol. The standard InChI is InChI=1S/C10H11N3S/c11-5-10-4-9(12-7-13-10)3-8-1-2-14-6-8/h1-2,4,6-7H,3,5,11H2. The molecule has 4 heteroatoms. The molecule has 0 aliphatic carbocycles. The molecule has 0 saturated carbocycles. The maximum absolute atomic E-state index is 5.50. The Morgan fingerprint density at radius 1 is 1.29 bits per heavy atom. The molecule has 2 aromatic heterocycles. The van der Waals surface area contributed by atoms with Crippen molar-refractivity contribution in [1.82, 2.24) is 9.97 Å². The Labute approximate surface area is 86.6 Å². The van der Waals surface area contributed by atoms with E-state index in [2.05, 4.69) is 26.8 Å². The second-order valence-electron chi connectivity index (χ2n) is 3.01. The molecule has 0 bridgehead atoms. The van der Waals surface area contributed by atoms with Gasteiger partial charge in [-0.25, -0.2) is 9.97 Å². The van der Waals surface area contributed by atoms with Crippen molar-refractivity contribution in [3.05, 3.63) is 46.2 Å². The van der Waals surface area contributed by atoms with Gasteiger partial charge < -0.3 is 5.73 Å². The van der Waals surface area contributed by atoms with E-state index in [4.69, 9.17) is 5.73 Å². The minimum atomic E-state index is 0.471. The fourth-order valence-corrected chi connectivity index (χ4v) is 1.92. The molecular formula is C10H11N3S. The van der Waals surface area contributed by atoms with E-state index >= 15 is 0 Å².